The molecule has 1 fully saturated rings. The molecule has 1 atom stereocenters. The molecule has 1 aromatic carbocycles. The molecule has 0 spiro atoms. The zero-order valence-corrected chi connectivity index (χ0v) is 17.7. The van der Waals surface area contributed by atoms with E-state index in [-0.39, 0.29) is 24.2 Å². The van der Waals surface area contributed by atoms with Crippen LogP contribution >= 0.6 is 0 Å². The van der Waals surface area contributed by atoms with E-state index >= 15 is 0 Å². The Hall–Kier alpha value is -2.55. The fraction of sp³-hybridized carbons (Fsp3) is 0.500. The number of nitrogens with zero attached hydrogens (tertiary/aromatic N) is 3. The molecule has 0 saturated carbocycles. The van der Waals surface area contributed by atoms with Crippen LogP contribution in [0.3, 0.4) is 0 Å². The Morgan fingerprint density at radius 3 is 2.90 bits per heavy atom. The summed E-state index contributed by atoms with van der Waals surface area (Å²) < 4.78 is 5.12. The number of benzene rings is 1. The maximum Gasteiger partial charge on any atom is 0.269 e. The van der Waals surface area contributed by atoms with Crippen molar-refractivity contribution in [3.8, 4) is 0 Å². The van der Waals surface area contributed by atoms with Crippen LogP contribution in [0.25, 0.3) is 0 Å². The normalized spacial score (nSPS) is 18.9. The Kier molecular flexibility index (Phi) is 7.73. The number of aliphatic imine (C=N–C) groups is 2. The smallest absolute Gasteiger partial charge is 0.269 e. The van der Waals surface area contributed by atoms with Gasteiger partial charge in [-0.25, -0.2) is 4.99 Å². The predicted molar refractivity (Wildman–Crippen MR) is 118 cm³/mol. The summed E-state index contributed by atoms with van der Waals surface area (Å²) in [5, 5.41) is 16.3. The molecule has 8 heteroatoms. The minimum absolute atomic E-state index is 0.156. The van der Waals surface area contributed by atoms with Crippen molar-refractivity contribution in [2.45, 2.75) is 32.0 Å². The van der Waals surface area contributed by atoms with Crippen molar-refractivity contribution in [3.63, 3.8) is 0 Å². The van der Waals surface area contributed by atoms with Crippen LogP contribution in [-0.2, 0) is 22.5 Å². The van der Waals surface area contributed by atoms with Crippen molar-refractivity contribution in [1.82, 2.24) is 15.5 Å². The summed E-state index contributed by atoms with van der Waals surface area (Å²) in [6.45, 7) is 9.20. The summed E-state index contributed by atoms with van der Waals surface area (Å²) >= 11 is 0. The second-order valence-electron chi connectivity index (χ2n) is 7.80. The fourth-order valence-corrected chi connectivity index (χ4v) is 3.59. The molecule has 0 unspecified atom stereocenters. The van der Waals surface area contributed by atoms with Crippen LogP contribution in [0.4, 0.5) is 0 Å². The molecule has 2 heterocycles. The molecule has 2 aliphatic heterocycles. The number of carbonyl (C=O) groups excluding carboxylic acids is 1. The van der Waals surface area contributed by atoms with Gasteiger partial charge in [0.2, 0.25) is 0 Å². The van der Waals surface area contributed by atoms with Crippen LogP contribution < -0.4 is 10.6 Å². The highest BCUT2D eigenvalue weighted by Gasteiger charge is 2.21. The first-order chi connectivity index (χ1) is 14.5. The summed E-state index contributed by atoms with van der Waals surface area (Å²) in [6.07, 6.45) is 1.86. The Labute approximate surface area is 177 Å². The molecule has 0 bridgehead atoms. The number of rotatable bonds is 9. The van der Waals surface area contributed by atoms with Crippen molar-refractivity contribution in [3.05, 3.63) is 46.8 Å². The van der Waals surface area contributed by atoms with Gasteiger partial charge < -0.3 is 20.5 Å². The molecule has 0 radical (unpaired) electrons. The van der Waals surface area contributed by atoms with Gasteiger partial charge in [0.1, 0.15) is 11.5 Å². The number of β-amino-alcohol motifs (C(OH)–C–C–N with tert-alkyl or cyclic N) is 1. The van der Waals surface area contributed by atoms with E-state index in [1.54, 1.807) is 13.1 Å². The standard InChI is InChI=1S/C22H31N5O3/c1-15-4-5-16-6-7-27(11-17(16)8-15)12-19(28)10-25-22(29)20(23-2)9-21(24-3)26-18-13-30-14-18/h4-5,8-9,18-19,26,28H,3,6-7,10-14H2,1-2H3,(H,25,29)/b21-9+,23-20+/t19-/m0/s1. The number of fused-ring (bicyclic) bond motifs is 1. The van der Waals surface area contributed by atoms with Gasteiger partial charge in [0.05, 0.1) is 25.4 Å². The summed E-state index contributed by atoms with van der Waals surface area (Å²) in [7, 11) is 1.54. The number of amides is 1. The first kappa shape index (κ1) is 22.1. The fourth-order valence-electron chi connectivity index (χ4n) is 3.59. The third kappa shape index (κ3) is 5.98. The van der Waals surface area contributed by atoms with Gasteiger partial charge in [-0.3, -0.25) is 14.7 Å². The Morgan fingerprint density at radius 2 is 2.23 bits per heavy atom. The third-order valence-electron chi connectivity index (χ3n) is 5.33. The maximum absolute atomic E-state index is 12.5. The van der Waals surface area contributed by atoms with Crippen molar-refractivity contribution in [2.75, 3.05) is 39.9 Å². The van der Waals surface area contributed by atoms with E-state index in [0.29, 0.717) is 25.6 Å². The Balaban J connectivity index is 1.48. The first-order valence-electron chi connectivity index (χ1n) is 10.2. The topological polar surface area (TPSA) is 98.5 Å². The van der Waals surface area contributed by atoms with Crippen molar-refractivity contribution < 1.29 is 14.6 Å². The summed E-state index contributed by atoms with van der Waals surface area (Å²) in [5.74, 6) is 0.117. The third-order valence-corrected chi connectivity index (χ3v) is 5.33. The van der Waals surface area contributed by atoms with Gasteiger partial charge in [0, 0.05) is 39.3 Å². The van der Waals surface area contributed by atoms with E-state index < -0.39 is 6.10 Å². The molecule has 3 rings (SSSR count). The number of hydrogen-bond acceptors (Lipinski definition) is 7. The van der Waals surface area contributed by atoms with E-state index in [1.807, 2.05) is 0 Å². The van der Waals surface area contributed by atoms with Crippen LogP contribution in [0.5, 0.6) is 0 Å². The monoisotopic (exact) mass is 413 g/mol. The highest BCUT2D eigenvalue weighted by molar-refractivity contribution is 6.43. The van der Waals surface area contributed by atoms with E-state index in [2.05, 4.69) is 57.4 Å². The lowest BCUT2D eigenvalue weighted by atomic mass is 9.97. The molecule has 8 nitrogen and oxygen atoms in total. The molecule has 2 aliphatic rings. The number of carbonyl (C=O) groups is 1. The van der Waals surface area contributed by atoms with E-state index in [4.69, 9.17) is 4.74 Å². The summed E-state index contributed by atoms with van der Waals surface area (Å²) in [6, 6.07) is 6.71. The molecule has 0 aromatic heterocycles. The molecular weight excluding hydrogens is 382 g/mol. The Bertz CT molecular complexity index is 832. The molecular formula is C22H31N5O3. The van der Waals surface area contributed by atoms with Gasteiger partial charge in [-0.2, -0.15) is 0 Å². The van der Waals surface area contributed by atoms with Gasteiger partial charge in [0.15, 0.2) is 0 Å². The highest BCUT2D eigenvalue weighted by atomic mass is 16.5. The predicted octanol–water partition coefficient (Wildman–Crippen LogP) is 0.431. The lowest BCUT2D eigenvalue weighted by Crippen LogP contribution is -2.45. The molecule has 0 aliphatic carbocycles. The van der Waals surface area contributed by atoms with Crippen molar-refractivity contribution in [2.24, 2.45) is 9.98 Å². The van der Waals surface area contributed by atoms with Gasteiger partial charge in [0.25, 0.3) is 5.91 Å². The number of hydrogen-bond donors (Lipinski definition) is 3. The average molecular weight is 414 g/mol. The minimum atomic E-state index is -0.662. The molecule has 3 N–H and O–H groups in total. The quantitative estimate of drug-likeness (QED) is 0.510. The number of ether oxygens (including phenoxy) is 1. The second-order valence-corrected chi connectivity index (χ2v) is 7.80. The number of nitrogens with one attached hydrogen (secondary N) is 2. The lowest BCUT2D eigenvalue weighted by Gasteiger charge is -2.30. The molecule has 30 heavy (non-hydrogen) atoms. The average Bonchev–Trinajstić information content (AvgIpc) is 2.70. The van der Waals surface area contributed by atoms with E-state index in [0.717, 1.165) is 19.5 Å². The number of aliphatic hydroxyl groups is 1. The zero-order valence-electron chi connectivity index (χ0n) is 17.7. The van der Waals surface area contributed by atoms with Gasteiger partial charge in [-0.15, -0.1) is 0 Å². The summed E-state index contributed by atoms with van der Waals surface area (Å²) in [5.41, 5.74) is 4.16. The number of aliphatic hydroxyl groups excluding tert-OH is 1. The largest absolute Gasteiger partial charge is 0.390 e. The molecule has 1 aromatic rings. The zero-order chi connectivity index (χ0) is 21.5. The van der Waals surface area contributed by atoms with E-state index in [1.165, 1.54) is 16.7 Å². The molecule has 162 valence electrons. The second kappa shape index (κ2) is 10.5. The SMILES string of the molecule is C=N/C(=C\C(=N/C)C(=O)NC[C@H](O)CN1CCc2ccc(C)cc2C1)NC1COC1. The van der Waals surface area contributed by atoms with Crippen molar-refractivity contribution >= 4 is 18.3 Å². The maximum atomic E-state index is 12.5. The number of aryl methyl sites for hydroxylation is 1. The van der Waals surface area contributed by atoms with Crippen molar-refractivity contribution in [1.29, 1.82) is 0 Å². The molecule has 1 amide bonds. The van der Waals surface area contributed by atoms with Gasteiger partial charge in [-0.05, 0) is 31.2 Å². The van der Waals surface area contributed by atoms with Gasteiger partial charge in [-0.1, -0.05) is 23.8 Å². The van der Waals surface area contributed by atoms with E-state index in [9.17, 15) is 9.90 Å². The molecule has 1 saturated heterocycles. The van der Waals surface area contributed by atoms with Crippen LogP contribution in [-0.4, -0.2) is 80.4 Å². The van der Waals surface area contributed by atoms with Gasteiger partial charge >= 0.3 is 0 Å². The Morgan fingerprint density at radius 1 is 1.43 bits per heavy atom. The van der Waals surface area contributed by atoms with Crippen LogP contribution in [0.1, 0.15) is 16.7 Å². The minimum Gasteiger partial charge on any atom is -0.390 e. The summed E-state index contributed by atoms with van der Waals surface area (Å²) in [4.78, 5) is 22.6. The highest BCUT2D eigenvalue weighted by Crippen LogP contribution is 2.20. The first-order valence-corrected chi connectivity index (χ1v) is 10.2. The van der Waals surface area contributed by atoms with Crippen LogP contribution in [0.2, 0.25) is 0 Å². The van der Waals surface area contributed by atoms with Crippen LogP contribution in [0.15, 0.2) is 40.1 Å². The van der Waals surface area contributed by atoms with Crippen LogP contribution in [0, 0.1) is 6.92 Å². The lowest BCUT2D eigenvalue weighted by molar-refractivity contribution is -0.115.